The minimum absolute atomic E-state index is 0.207. The zero-order valence-electron chi connectivity index (χ0n) is 9.05. The maximum absolute atomic E-state index is 11.8. The van der Waals surface area contributed by atoms with Crippen molar-refractivity contribution in [2.24, 2.45) is 0 Å². The molecule has 0 aromatic heterocycles. The number of amides is 1. The van der Waals surface area contributed by atoms with E-state index in [1.807, 2.05) is 0 Å². The number of halogens is 2. The number of carbonyl (C=O) groups excluding carboxylic acids is 1. The van der Waals surface area contributed by atoms with E-state index in [9.17, 15) is 9.90 Å². The van der Waals surface area contributed by atoms with Crippen molar-refractivity contribution in [2.45, 2.75) is 19.4 Å². The van der Waals surface area contributed by atoms with Crippen LogP contribution in [-0.4, -0.2) is 23.2 Å². The van der Waals surface area contributed by atoms with Crippen molar-refractivity contribution in [3.63, 3.8) is 0 Å². The minimum atomic E-state index is -0.905. The van der Waals surface area contributed by atoms with Gasteiger partial charge in [-0.05, 0) is 48.0 Å². The molecule has 3 nitrogen and oxygen atoms in total. The molecule has 0 heterocycles. The Balaban J connectivity index is 2.74. The Morgan fingerprint density at radius 3 is 2.56 bits per heavy atom. The van der Waals surface area contributed by atoms with Crippen LogP contribution < -0.4 is 5.32 Å². The highest BCUT2D eigenvalue weighted by atomic mass is 79.9. The van der Waals surface area contributed by atoms with Crippen LogP contribution in [0.2, 0.25) is 0 Å². The molecule has 0 fully saturated rings. The zero-order chi connectivity index (χ0) is 12.3. The Kier molecular flexibility index (Phi) is 4.52. The van der Waals surface area contributed by atoms with Crippen molar-refractivity contribution < 1.29 is 9.90 Å². The molecule has 0 aliphatic rings. The number of aliphatic hydroxyl groups is 1. The molecule has 0 atom stereocenters. The lowest BCUT2D eigenvalue weighted by molar-refractivity contribution is 0.0694. The molecular weight excluding hydrogens is 338 g/mol. The second kappa shape index (κ2) is 5.29. The number of nitrogens with one attached hydrogen (secondary N) is 1. The molecule has 0 bridgehead atoms. The lowest BCUT2D eigenvalue weighted by atomic mass is 10.1. The Labute approximate surface area is 111 Å². The first-order valence-corrected chi connectivity index (χ1v) is 6.34. The molecule has 0 radical (unpaired) electrons. The van der Waals surface area contributed by atoms with Crippen LogP contribution in [0.5, 0.6) is 0 Å². The molecule has 0 spiro atoms. The van der Waals surface area contributed by atoms with E-state index in [0.29, 0.717) is 5.56 Å². The summed E-state index contributed by atoms with van der Waals surface area (Å²) in [6.07, 6.45) is 0. The van der Waals surface area contributed by atoms with Gasteiger partial charge in [-0.25, -0.2) is 0 Å². The molecule has 2 N–H and O–H groups in total. The van der Waals surface area contributed by atoms with Crippen molar-refractivity contribution in [1.29, 1.82) is 0 Å². The van der Waals surface area contributed by atoms with Gasteiger partial charge >= 0.3 is 0 Å². The summed E-state index contributed by atoms with van der Waals surface area (Å²) in [4.78, 5) is 11.8. The highest BCUT2D eigenvalue weighted by Crippen LogP contribution is 2.21. The smallest absolute Gasteiger partial charge is 0.252 e. The number of hydrogen-bond acceptors (Lipinski definition) is 2. The lowest BCUT2D eigenvalue weighted by Gasteiger charge is -2.17. The Morgan fingerprint density at radius 1 is 1.44 bits per heavy atom. The van der Waals surface area contributed by atoms with Gasteiger partial charge < -0.3 is 10.4 Å². The first-order valence-electron chi connectivity index (χ1n) is 4.75. The van der Waals surface area contributed by atoms with Gasteiger partial charge in [0.2, 0.25) is 0 Å². The van der Waals surface area contributed by atoms with Gasteiger partial charge in [-0.2, -0.15) is 0 Å². The molecule has 0 unspecified atom stereocenters. The monoisotopic (exact) mass is 349 g/mol. The zero-order valence-corrected chi connectivity index (χ0v) is 12.2. The topological polar surface area (TPSA) is 49.3 Å². The summed E-state index contributed by atoms with van der Waals surface area (Å²) in [6, 6.07) is 5.32. The summed E-state index contributed by atoms with van der Waals surface area (Å²) >= 11 is 6.63. The molecule has 1 aromatic rings. The average Bonchev–Trinajstić information content (AvgIpc) is 2.13. The Hall–Kier alpha value is -0.390. The van der Waals surface area contributed by atoms with Crippen LogP contribution in [-0.2, 0) is 0 Å². The molecule has 0 saturated heterocycles. The van der Waals surface area contributed by atoms with E-state index in [4.69, 9.17) is 0 Å². The molecule has 1 amide bonds. The van der Waals surface area contributed by atoms with Crippen molar-refractivity contribution >= 4 is 37.8 Å². The van der Waals surface area contributed by atoms with E-state index >= 15 is 0 Å². The third-order valence-corrected chi connectivity index (χ3v) is 3.01. The third-order valence-electron chi connectivity index (χ3n) is 1.86. The summed E-state index contributed by atoms with van der Waals surface area (Å²) in [6.45, 7) is 3.50. The minimum Gasteiger partial charge on any atom is -0.389 e. The Bertz CT molecular complexity index is 399. The van der Waals surface area contributed by atoms with Crippen LogP contribution in [0.3, 0.4) is 0 Å². The highest BCUT2D eigenvalue weighted by Gasteiger charge is 2.16. The molecule has 0 aliphatic carbocycles. The normalized spacial score (nSPS) is 11.3. The number of rotatable bonds is 3. The maximum Gasteiger partial charge on any atom is 0.252 e. The summed E-state index contributed by atoms with van der Waals surface area (Å²) in [7, 11) is 0. The van der Waals surface area contributed by atoms with Gasteiger partial charge in [-0.1, -0.05) is 15.9 Å². The van der Waals surface area contributed by atoms with Crippen molar-refractivity contribution in [3.8, 4) is 0 Å². The van der Waals surface area contributed by atoms with Crippen LogP contribution in [0.4, 0.5) is 0 Å². The SMILES string of the molecule is CC(C)(O)CNC(=O)c1ccc(Br)cc1Br. The summed E-state index contributed by atoms with van der Waals surface area (Å²) < 4.78 is 1.62. The summed E-state index contributed by atoms with van der Waals surface area (Å²) in [5, 5.41) is 12.2. The molecule has 1 rings (SSSR count). The van der Waals surface area contributed by atoms with Gasteiger partial charge in [0, 0.05) is 15.5 Å². The molecule has 0 saturated carbocycles. The standard InChI is InChI=1S/C11H13Br2NO2/c1-11(2,16)6-14-10(15)8-4-3-7(12)5-9(8)13/h3-5,16H,6H2,1-2H3,(H,14,15). The van der Waals surface area contributed by atoms with E-state index in [1.54, 1.807) is 32.0 Å². The van der Waals surface area contributed by atoms with E-state index in [1.165, 1.54) is 0 Å². The van der Waals surface area contributed by atoms with Gasteiger partial charge in [-0.3, -0.25) is 4.79 Å². The van der Waals surface area contributed by atoms with E-state index in [0.717, 1.165) is 8.95 Å². The van der Waals surface area contributed by atoms with Gasteiger partial charge in [0.25, 0.3) is 5.91 Å². The fourth-order valence-corrected chi connectivity index (χ4v) is 2.29. The van der Waals surface area contributed by atoms with E-state index in [-0.39, 0.29) is 12.5 Å². The van der Waals surface area contributed by atoms with E-state index in [2.05, 4.69) is 37.2 Å². The molecule has 88 valence electrons. The quantitative estimate of drug-likeness (QED) is 0.880. The van der Waals surface area contributed by atoms with Crippen LogP contribution >= 0.6 is 31.9 Å². The first-order chi connectivity index (χ1) is 7.29. The molecule has 0 aliphatic heterocycles. The molecule has 1 aromatic carbocycles. The average molecular weight is 351 g/mol. The number of benzene rings is 1. The van der Waals surface area contributed by atoms with Gasteiger partial charge in [0.1, 0.15) is 0 Å². The van der Waals surface area contributed by atoms with Crippen molar-refractivity contribution in [2.75, 3.05) is 6.54 Å². The fourth-order valence-electron chi connectivity index (χ4n) is 1.07. The van der Waals surface area contributed by atoms with Gasteiger partial charge in [0.15, 0.2) is 0 Å². The number of carbonyl (C=O) groups is 1. The van der Waals surface area contributed by atoms with Gasteiger partial charge in [0.05, 0.1) is 11.2 Å². The predicted octanol–water partition coefficient (Wildman–Crippen LogP) is 2.71. The third kappa shape index (κ3) is 4.23. The maximum atomic E-state index is 11.8. The number of hydrogen-bond donors (Lipinski definition) is 2. The largest absolute Gasteiger partial charge is 0.389 e. The Morgan fingerprint density at radius 2 is 2.06 bits per heavy atom. The van der Waals surface area contributed by atoms with Crippen LogP contribution in [0.1, 0.15) is 24.2 Å². The van der Waals surface area contributed by atoms with Crippen LogP contribution in [0, 0.1) is 0 Å². The first kappa shape index (κ1) is 13.7. The second-order valence-electron chi connectivity index (χ2n) is 4.12. The fraction of sp³-hybridized carbons (Fsp3) is 0.364. The van der Waals surface area contributed by atoms with E-state index < -0.39 is 5.60 Å². The van der Waals surface area contributed by atoms with Crippen LogP contribution in [0.15, 0.2) is 27.1 Å². The highest BCUT2D eigenvalue weighted by molar-refractivity contribution is 9.11. The van der Waals surface area contributed by atoms with Gasteiger partial charge in [-0.15, -0.1) is 0 Å². The van der Waals surface area contributed by atoms with Crippen molar-refractivity contribution in [3.05, 3.63) is 32.7 Å². The second-order valence-corrected chi connectivity index (χ2v) is 5.89. The van der Waals surface area contributed by atoms with Crippen LogP contribution in [0.25, 0.3) is 0 Å². The molecular formula is C11H13Br2NO2. The predicted molar refractivity (Wildman–Crippen MR) is 70.5 cm³/mol. The molecule has 5 heteroatoms. The lowest BCUT2D eigenvalue weighted by Crippen LogP contribution is -2.38. The molecule has 16 heavy (non-hydrogen) atoms. The summed E-state index contributed by atoms with van der Waals surface area (Å²) in [5.74, 6) is -0.207. The summed E-state index contributed by atoms with van der Waals surface area (Å²) in [5.41, 5.74) is -0.357. The van der Waals surface area contributed by atoms with Crippen molar-refractivity contribution in [1.82, 2.24) is 5.32 Å².